The first-order valence-corrected chi connectivity index (χ1v) is 14.0. The van der Waals surface area contributed by atoms with Crippen molar-refractivity contribution >= 4 is 25.8 Å². The molecule has 2 unspecified atom stereocenters. The van der Waals surface area contributed by atoms with E-state index >= 15 is 0 Å². The Balaban J connectivity index is 1.38. The summed E-state index contributed by atoms with van der Waals surface area (Å²) in [5.74, 6) is -2.69. The molecule has 1 aromatic carbocycles. The van der Waals surface area contributed by atoms with Crippen molar-refractivity contribution in [2.75, 3.05) is 37.7 Å². The van der Waals surface area contributed by atoms with E-state index in [1.807, 2.05) is 0 Å². The lowest BCUT2D eigenvalue weighted by molar-refractivity contribution is -0.127. The minimum atomic E-state index is -4.22. The molecule has 0 bridgehead atoms. The molecule has 0 aliphatic carbocycles. The second-order valence-electron chi connectivity index (χ2n) is 8.76. The number of hydrogen-bond donors (Lipinski definition) is 1. The van der Waals surface area contributed by atoms with Gasteiger partial charge in [0.2, 0.25) is 15.9 Å². The molecule has 1 N–H and O–H groups in total. The summed E-state index contributed by atoms with van der Waals surface area (Å²) in [4.78, 5) is 14.3. The first kappa shape index (κ1) is 23.5. The quantitative estimate of drug-likeness (QED) is 0.652. The Morgan fingerprint density at radius 2 is 1.69 bits per heavy atom. The van der Waals surface area contributed by atoms with E-state index in [4.69, 9.17) is 0 Å². The summed E-state index contributed by atoms with van der Waals surface area (Å²) in [6.07, 6.45) is 2.46. The summed E-state index contributed by atoms with van der Waals surface area (Å²) in [6, 6.07) is 1.57. The maximum atomic E-state index is 14.0. The third-order valence-corrected chi connectivity index (χ3v) is 10.2. The molecule has 3 saturated heterocycles. The summed E-state index contributed by atoms with van der Waals surface area (Å²) >= 11 is 0. The zero-order valence-corrected chi connectivity index (χ0v) is 19.2. The SMILES string of the molecule is O=C(NC1CS(=O)(=O)CC1N1CCCC1)C1CCN(S(=O)(=O)c2cc(F)ccc2F)CC1. The van der Waals surface area contributed by atoms with Crippen LogP contribution in [0.5, 0.6) is 0 Å². The van der Waals surface area contributed by atoms with Gasteiger partial charge in [-0.2, -0.15) is 4.31 Å². The van der Waals surface area contributed by atoms with Crippen molar-refractivity contribution in [3.63, 3.8) is 0 Å². The van der Waals surface area contributed by atoms with Gasteiger partial charge in [0.1, 0.15) is 16.5 Å². The molecule has 4 rings (SSSR count). The van der Waals surface area contributed by atoms with Crippen LogP contribution in [0, 0.1) is 17.6 Å². The van der Waals surface area contributed by atoms with Gasteiger partial charge in [-0.25, -0.2) is 25.6 Å². The number of piperidine rings is 1. The third-order valence-electron chi connectivity index (χ3n) is 6.60. The molecule has 3 heterocycles. The number of nitrogens with one attached hydrogen (secondary N) is 1. The van der Waals surface area contributed by atoms with E-state index in [9.17, 15) is 30.4 Å². The van der Waals surface area contributed by atoms with Gasteiger partial charge in [-0.15, -0.1) is 0 Å². The second kappa shape index (κ2) is 8.96. The van der Waals surface area contributed by atoms with Crippen molar-refractivity contribution in [3.05, 3.63) is 29.8 Å². The van der Waals surface area contributed by atoms with E-state index < -0.39 is 48.4 Å². The van der Waals surface area contributed by atoms with Crippen LogP contribution in [0.15, 0.2) is 23.1 Å². The highest BCUT2D eigenvalue weighted by Gasteiger charge is 2.43. The van der Waals surface area contributed by atoms with Gasteiger partial charge in [0.05, 0.1) is 17.5 Å². The van der Waals surface area contributed by atoms with Crippen molar-refractivity contribution in [1.82, 2.24) is 14.5 Å². The van der Waals surface area contributed by atoms with Crippen molar-refractivity contribution in [2.45, 2.75) is 42.7 Å². The summed E-state index contributed by atoms with van der Waals surface area (Å²) in [5.41, 5.74) is 0. The highest BCUT2D eigenvalue weighted by atomic mass is 32.2. The number of sulfone groups is 1. The molecule has 0 aromatic heterocycles. The van der Waals surface area contributed by atoms with Gasteiger partial charge in [0, 0.05) is 25.0 Å². The number of carbonyl (C=O) groups excluding carboxylic acids is 1. The number of benzene rings is 1. The average Bonchev–Trinajstić information content (AvgIpc) is 3.37. The summed E-state index contributed by atoms with van der Waals surface area (Å²) < 4.78 is 78.3. The van der Waals surface area contributed by atoms with E-state index in [2.05, 4.69) is 10.2 Å². The van der Waals surface area contributed by atoms with E-state index in [0.717, 1.165) is 42.4 Å². The predicted molar refractivity (Wildman–Crippen MR) is 113 cm³/mol. The summed E-state index contributed by atoms with van der Waals surface area (Å²) in [7, 11) is -7.46. The minimum absolute atomic E-state index is 0.00507. The molecule has 12 heteroatoms. The minimum Gasteiger partial charge on any atom is -0.350 e. The first-order chi connectivity index (χ1) is 15.1. The fraction of sp³-hybridized carbons (Fsp3) is 0.650. The molecule has 178 valence electrons. The maximum Gasteiger partial charge on any atom is 0.246 e. The Morgan fingerprint density at radius 1 is 1.03 bits per heavy atom. The molecule has 3 aliphatic heterocycles. The molecule has 3 fully saturated rings. The molecule has 8 nitrogen and oxygen atoms in total. The zero-order valence-electron chi connectivity index (χ0n) is 17.5. The van der Waals surface area contributed by atoms with Gasteiger partial charge in [0.15, 0.2) is 9.84 Å². The van der Waals surface area contributed by atoms with E-state index in [0.29, 0.717) is 6.07 Å². The van der Waals surface area contributed by atoms with Gasteiger partial charge < -0.3 is 5.32 Å². The Morgan fingerprint density at radius 3 is 2.34 bits per heavy atom. The molecule has 1 amide bonds. The molecule has 2 atom stereocenters. The standard InChI is InChI=1S/C20H27F2N3O5S2/c21-15-3-4-16(22)19(11-15)32(29,30)25-9-5-14(6-10-25)20(26)23-17-12-31(27,28)13-18(17)24-7-1-2-8-24/h3-4,11,14,17-18H,1-2,5-10,12-13H2,(H,23,26). The van der Waals surface area contributed by atoms with Crippen molar-refractivity contribution < 1.29 is 30.4 Å². The number of amides is 1. The number of carbonyl (C=O) groups is 1. The number of sulfonamides is 1. The van der Waals surface area contributed by atoms with Crippen LogP contribution in [0.2, 0.25) is 0 Å². The molecular formula is C20H27F2N3O5S2. The van der Waals surface area contributed by atoms with Crippen LogP contribution in [-0.4, -0.2) is 81.7 Å². The van der Waals surface area contributed by atoms with Gasteiger partial charge in [0.25, 0.3) is 0 Å². The average molecular weight is 492 g/mol. The smallest absolute Gasteiger partial charge is 0.246 e. The van der Waals surface area contributed by atoms with Gasteiger partial charge in [-0.1, -0.05) is 0 Å². The van der Waals surface area contributed by atoms with Crippen LogP contribution in [-0.2, 0) is 24.7 Å². The van der Waals surface area contributed by atoms with Crippen molar-refractivity contribution in [3.8, 4) is 0 Å². The normalized spacial score (nSPS) is 27.6. The molecule has 0 saturated carbocycles. The Kier molecular flexibility index (Phi) is 6.59. The second-order valence-corrected chi connectivity index (χ2v) is 12.8. The lowest BCUT2D eigenvalue weighted by Gasteiger charge is -2.33. The van der Waals surface area contributed by atoms with Crippen molar-refractivity contribution in [1.29, 1.82) is 0 Å². The van der Waals surface area contributed by atoms with Gasteiger partial charge in [-0.3, -0.25) is 9.69 Å². The van der Waals surface area contributed by atoms with Crippen LogP contribution in [0.25, 0.3) is 0 Å². The predicted octanol–water partition coefficient (Wildman–Crippen LogP) is 0.743. The number of hydrogen-bond acceptors (Lipinski definition) is 6. The van der Waals surface area contributed by atoms with Crippen LogP contribution in [0.4, 0.5) is 8.78 Å². The summed E-state index contributed by atoms with van der Waals surface area (Å²) in [5, 5.41) is 2.90. The monoisotopic (exact) mass is 491 g/mol. The zero-order chi connectivity index (χ0) is 23.1. The Bertz CT molecular complexity index is 1080. The lowest BCUT2D eigenvalue weighted by atomic mass is 9.96. The highest BCUT2D eigenvalue weighted by molar-refractivity contribution is 7.91. The Labute approximate surface area is 186 Å². The van der Waals surface area contributed by atoms with Crippen LogP contribution in [0.3, 0.4) is 0 Å². The summed E-state index contributed by atoms with van der Waals surface area (Å²) in [6.45, 7) is 1.63. The fourth-order valence-electron chi connectivity index (χ4n) is 4.87. The first-order valence-electron chi connectivity index (χ1n) is 10.8. The van der Waals surface area contributed by atoms with Crippen LogP contribution < -0.4 is 5.32 Å². The number of likely N-dealkylation sites (tertiary alicyclic amines) is 1. The van der Waals surface area contributed by atoms with E-state index in [1.165, 1.54) is 0 Å². The Hall–Kier alpha value is -1.63. The molecule has 3 aliphatic rings. The number of halogens is 2. The maximum absolute atomic E-state index is 14.0. The molecule has 32 heavy (non-hydrogen) atoms. The van der Waals surface area contributed by atoms with Crippen molar-refractivity contribution in [2.24, 2.45) is 5.92 Å². The number of nitrogens with zero attached hydrogens (tertiary/aromatic N) is 2. The number of rotatable bonds is 5. The molecule has 0 radical (unpaired) electrons. The van der Waals surface area contributed by atoms with E-state index in [1.54, 1.807) is 0 Å². The van der Waals surface area contributed by atoms with Gasteiger partial charge >= 0.3 is 0 Å². The van der Waals surface area contributed by atoms with Gasteiger partial charge in [-0.05, 0) is 57.0 Å². The molecule has 1 aromatic rings. The highest BCUT2D eigenvalue weighted by Crippen LogP contribution is 2.27. The lowest BCUT2D eigenvalue weighted by Crippen LogP contribution is -2.52. The molecular weight excluding hydrogens is 464 g/mol. The molecule has 0 spiro atoms. The van der Waals surface area contributed by atoms with E-state index in [-0.39, 0.29) is 49.4 Å². The largest absolute Gasteiger partial charge is 0.350 e. The topological polar surface area (TPSA) is 104 Å². The third kappa shape index (κ3) is 4.82. The van der Waals surface area contributed by atoms with Crippen LogP contribution >= 0.6 is 0 Å². The fourth-order valence-corrected chi connectivity index (χ4v) is 8.37. The van der Waals surface area contributed by atoms with Crippen LogP contribution in [0.1, 0.15) is 25.7 Å².